The number of rotatable bonds is 6. The van der Waals surface area contributed by atoms with Gasteiger partial charge in [-0.2, -0.15) is 5.10 Å². The van der Waals surface area contributed by atoms with Crippen molar-refractivity contribution in [2.24, 2.45) is 7.05 Å². The standard InChI is InChI=1S/C26H37N5O2/c1-17(2)33-26(32)22-16-24-21(23-8-12-27-29(23)7)11-15-31(24)25(18(22)3)19(4)30-13-9-20(10-14-30)28(5)6/h8,11-12,15-17,19-20H,9-10,13-14H2,1-7H3. The molecule has 4 heterocycles. The Morgan fingerprint density at radius 3 is 2.45 bits per heavy atom. The van der Waals surface area contributed by atoms with Gasteiger partial charge in [0.2, 0.25) is 0 Å². The first kappa shape index (κ1) is 23.5. The fourth-order valence-corrected chi connectivity index (χ4v) is 5.19. The lowest BCUT2D eigenvalue weighted by atomic mass is 9.97. The zero-order valence-electron chi connectivity index (χ0n) is 21.0. The number of carbonyl (C=O) groups is 1. The van der Waals surface area contributed by atoms with E-state index in [1.165, 1.54) is 0 Å². The van der Waals surface area contributed by atoms with E-state index in [1.54, 1.807) is 6.20 Å². The first-order chi connectivity index (χ1) is 15.7. The maximum absolute atomic E-state index is 13.1. The molecule has 0 saturated carbocycles. The van der Waals surface area contributed by atoms with Gasteiger partial charge in [-0.3, -0.25) is 9.58 Å². The second-order valence-electron chi connectivity index (χ2n) is 9.75. The highest BCUT2D eigenvalue weighted by molar-refractivity contribution is 5.95. The molecule has 0 bridgehead atoms. The molecule has 0 N–H and O–H groups in total. The Morgan fingerprint density at radius 1 is 1.18 bits per heavy atom. The van der Waals surface area contributed by atoms with E-state index < -0.39 is 0 Å². The van der Waals surface area contributed by atoms with Crippen molar-refractivity contribution in [2.45, 2.75) is 58.7 Å². The average molecular weight is 452 g/mol. The van der Waals surface area contributed by atoms with Crippen molar-refractivity contribution >= 4 is 11.5 Å². The van der Waals surface area contributed by atoms with Crippen molar-refractivity contribution in [3.8, 4) is 11.3 Å². The van der Waals surface area contributed by atoms with Crippen LogP contribution in [0, 0.1) is 6.92 Å². The number of hydrogen-bond donors (Lipinski definition) is 0. The maximum Gasteiger partial charge on any atom is 0.338 e. The fraction of sp³-hybridized carbons (Fsp3) is 0.538. The largest absolute Gasteiger partial charge is 0.459 e. The molecule has 33 heavy (non-hydrogen) atoms. The number of nitrogens with zero attached hydrogens (tertiary/aromatic N) is 5. The summed E-state index contributed by atoms with van der Waals surface area (Å²) in [5.74, 6) is -0.262. The Balaban J connectivity index is 1.82. The molecule has 0 amide bonds. The topological polar surface area (TPSA) is 55.0 Å². The van der Waals surface area contributed by atoms with E-state index >= 15 is 0 Å². The Labute approximate surface area is 196 Å². The van der Waals surface area contributed by atoms with Gasteiger partial charge in [0, 0.05) is 55.9 Å². The second kappa shape index (κ2) is 9.31. The molecule has 0 aliphatic carbocycles. The first-order valence-electron chi connectivity index (χ1n) is 11.9. The zero-order valence-corrected chi connectivity index (χ0v) is 21.0. The number of hydrogen-bond acceptors (Lipinski definition) is 5. The minimum Gasteiger partial charge on any atom is -0.459 e. The lowest BCUT2D eigenvalue weighted by Crippen LogP contribution is -2.43. The molecule has 4 rings (SSSR count). The molecule has 1 fully saturated rings. The molecule has 1 saturated heterocycles. The molecule has 7 nitrogen and oxygen atoms in total. The molecule has 0 aromatic carbocycles. The van der Waals surface area contributed by atoms with Crippen molar-refractivity contribution in [1.29, 1.82) is 0 Å². The number of aromatic nitrogens is 3. The number of ether oxygens (including phenoxy) is 1. The van der Waals surface area contributed by atoms with Crippen molar-refractivity contribution in [2.75, 3.05) is 27.2 Å². The third kappa shape index (κ3) is 4.44. The number of esters is 1. The predicted molar refractivity (Wildman–Crippen MR) is 132 cm³/mol. The molecular formula is C26H37N5O2. The van der Waals surface area contributed by atoms with E-state index in [-0.39, 0.29) is 18.1 Å². The lowest BCUT2D eigenvalue weighted by Gasteiger charge is -2.39. The van der Waals surface area contributed by atoms with E-state index in [1.807, 2.05) is 37.7 Å². The highest BCUT2D eigenvalue weighted by Gasteiger charge is 2.29. The van der Waals surface area contributed by atoms with Gasteiger partial charge in [0.05, 0.1) is 22.9 Å². The third-order valence-electron chi connectivity index (χ3n) is 7.09. The summed E-state index contributed by atoms with van der Waals surface area (Å²) in [5.41, 5.74) is 5.87. The van der Waals surface area contributed by atoms with Gasteiger partial charge < -0.3 is 14.0 Å². The molecule has 3 aromatic heterocycles. The van der Waals surface area contributed by atoms with Gasteiger partial charge in [0.25, 0.3) is 0 Å². The normalized spacial score (nSPS) is 16.8. The van der Waals surface area contributed by atoms with E-state index in [0.29, 0.717) is 11.6 Å². The first-order valence-corrected chi connectivity index (χ1v) is 11.9. The number of likely N-dealkylation sites (tertiary alicyclic amines) is 1. The number of pyridine rings is 1. The lowest BCUT2D eigenvalue weighted by molar-refractivity contribution is 0.0376. The van der Waals surface area contributed by atoms with Gasteiger partial charge >= 0.3 is 5.97 Å². The fourth-order valence-electron chi connectivity index (χ4n) is 5.19. The summed E-state index contributed by atoms with van der Waals surface area (Å²) in [4.78, 5) is 18.0. The smallest absolute Gasteiger partial charge is 0.338 e. The van der Waals surface area contributed by atoms with Crippen LogP contribution in [0.15, 0.2) is 30.6 Å². The van der Waals surface area contributed by atoms with Crippen molar-refractivity contribution < 1.29 is 9.53 Å². The van der Waals surface area contributed by atoms with Gasteiger partial charge in [0.15, 0.2) is 0 Å². The van der Waals surface area contributed by atoms with Gasteiger partial charge in [-0.25, -0.2) is 4.79 Å². The molecule has 178 valence electrons. The maximum atomic E-state index is 13.1. The molecule has 3 aromatic rings. The second-order valence-corrected chi connectivity index (χ2v) is 9.75. The molecular weight excluding hydrogens is 414 g/mol. The van der Waals surface area contributed by atoms with Crippen molar-refractivity contribution in [3.05, 3.63) is 47.4 Å². The van der Waals surface area contributed by atoms with Crippen LogP contribution < -0.4 is 0 Å². The molecule has 7 heteroatoms. The SMILES string of the molecule is Cc1c(C(=O)OC(C)C)cc2c(-c3ccnn3C)ccn2c1C(C)N1CCC(N(C)C)CC1. The van der Waals surface area contributed by atoms with E-state index in [4.69, 9.17) is 4.74 Å². The number of fused-ring (bicyclic) bond motifs is 1. The number of aryl methyl sites for hydroxylation is 1. The van der Waals surface area contributed by atoms with Crippen LogP contribution in [0.1, 0.15) is 61.3 Å². The highest BCUT2D eigenvalue weighted by Crippen LogP contribution is 2.34. The summed E-state index contributed by atoms with van der Waals surface area (Å²) in [5, 5.41) is 4.35. The molecule has 1 aliphatic rings. The Morgan fingerprint density at radius 2 is 1.88 bits per heavy atom. The van der Waals surface area contributed by atoms with Gasteiger partial charge in [-0.15, -0.1) is 0 Å². The van der Waals surface area contributed by atoms with E-state index in [0.717, 1.165) is 54.0 Å². The van der Waals surface area contributed by atoms with Gasteiger partial charge in [-0.05, 0) is 78.4 Å². The molecule has 0 spiro atoms. The molecule has 1 aliphatic heterocycles. The van der Waals surface area contributed by atoms with Crippen LogP contribution in [0.3, 0.4) is 0 Å². The Kier molecular flexibility index (Phi) is 6.64. The summed E-state index contributed by atoms with van der Waals surface area (Å²) in [6.45, 7) is 10.2. The third-order valence-corrected chi connectivity index (χ3v) is 7.09. The van der Waals surface area contributed by atoms with Gasteiger partial charge in [0.1, 0.15) is 0 Å². The molecule has 1 atom stereocenters. The number of carbonyl (C=O) groups excluding carboxylic acids is 1. The quantitative estimate of drug-likeness (QED) is 0.523. The van der Waals surface area contributed by atoms with Gasteiger partial charge in [-0.1, -0.05) is 0 Å². The Bertz CT molecular complexity index is 1140. The van der Waals surface area contributed by atoms with Crippen LogP contribution >= 0.6 is 0 Å². The van der Waals surface area contributed by atoms with E-state index in [2.05, 4.69) is 59.5 Å². The highest BCUT2D eigenvalue weighted by atomic mass is 16.5. The molecule has 1 unspecified atom stereocenters. The summed E-state index contributed by atoms with van der Waals surface area (Å²) >= 11 is 0. The summed E-state index contributed by atoms with van der Waals surface area (Å²) in [6.07, 6.45) is 6.07. The van der Waals surface area contributed by atoms with Crippen LogP contribution in [0.2, 0.25) is 0 Å². The van der Waals surface area contributed by atoms with Crippen molar-refractivity contribution in [1.82, 2.24) is 24.0 Å². The Hall–Kier alpha value is -2.64. The van der Waals surface area contributed by atoms with Crippen LogP contribution in [-0.2, 0) is 11.8 Å². The summed E-state index contributed by atoms with van der Waals surface area (Å²) < 4.78 is 9.76. The minimum atomic E-state index is -0.262. The van der Waals surface area contributed by atoms with Crippen LogP contribution in [-0.4, -0.2) is 69.3 Å². The molecule has 0 radical (unpaired) electrons. The zero-order chi connectivity index (χ0) is 23.9. The summed E-state index contributed by atoms with van der Waals surface area (Å²) in [6, 6.07) is 6.92. The minimum absolute atomic E-state index is 0.164. The average Bonchev–Trinajstić information content (AvgIpc) is 3.37. The summed E-state index contributed by atoms with van der Waals surface area (Å²) in [7, 11) is 6.28. The van der Waals surface area contributed by atoms with Crippen LogP contribution in [0.4, 0.5) is 0 Å². The number of piperidine rings is 1. The van der Waals surface area contributed by atoms with E-state index in [9.17, 15) is 4.79 Å². The van der Waals surface area contributed by atoms with Crippen molar-refractivity contribution in [3.63, 3.8) is 0 Å². The predicted octanol–water partition coefficient (Wildman–Crippen LogP) is 4.30. The van der Waals surface area contributed by atoms with Crippen LogP contribution in [0.25, 0.3) is 16.8 Å². The van der Waals surface area contributed by atoms with Crippen LogP contribution in [0.5, 0.6) is 0 Å². The monoisotopic (exact) mass is 451 g/mol.